The van der Waals surface area contributed by atoms with Crippen LogP contribution in [0.5, 0.6) is 0 Å². The van der Waals surface area contributed by atoms with Crippen LogP contribution in [0.25, 0.3) is 0 Å². The van der Waals surface area contributed by atoms with Crippen molar-refractivity contribution in [1.82, 2.24) is 4.90 Å². The molecule has 2 fully saturated rings. The maximum absolute atomic E-state index is 9.56. The van der Waals surface area contributed by atoms with E-state index < -0.39 is 0 Å². The highest BCUT2D eigenvalue weighted by atomic mass is 35.5. The molecular formula is C20H31ClN2O. The van der Waals surface area contributed by atoms with Gasteiger partial charge in [0, 0.05) is 6.54 Å². The zero-order chi connectivity index (χ0) is 16.3. The fraction of sp³-hybridized carbons (Fsp3) is 0.650. The van der Waals surface area contributed by atoms with Crippen molar-refractivity contribution in [3.63, 3.8) is 0 Å². The third-order valence-corrected chi connectivity index (χ3v) is 6.01. The van der Waals surface area contributed by atoms with Crippen molar-refractivity contribution in [1.29, 1.82) is 0 Å². The molecule has 1 unspecified atom stereocenters. The molecule has 0 radical (unpaired) electrons. The fourth-order valence-corrected chi connectivity index (χ4v) is 4.31. The molecule has 1 heterocycles. The smallest absolute Gasteiger partial charge is 0.127 e. The van der Waals surface area contributed by atoms with Crippen LogP contribution in [0.1, 0.15) is 57.9 Å². The number of hydrogen-bond donors (Lipinski definition) is 1. The number of benzene rings is 1. The highest BCUT2D eigenvalue weighted by molar-refractivity contribution is 5.85. The number of amidine groups is 1. The van der Waals surface area contributed by atoms with Crippen molar-refractivity contribution >= 4 is 18.2 Å². The highest BCUT2D eigenvalue weighted by Crippen LogP contribution is 2.61. The van der Waals surface area contributed by atoms with Gasteiger partial charge in [-0.2, -0.15) is 0 Å². The maximum Gasteiger partial charge on any atom is 0.127 e. The number of aliphatic imine (C=N–C) groups is 1. The number of aliphatic hydroxyl groups is 1. The standard InChI is InChI=1S/C12H14.C8H16N2O.ClH/c1-2-4-10(5-3-1)12-8-6-11(12)7-9-12;1-3-4-8(11)10-6-5-9-7(10)2;/h1-5,11H,6-9H2;8,11H,3-6H2,1-2H3;1H. The number of aliphatic hydroxyl groups excluding tert-OH is 1. The number of fused-ring (bicyclic) bond motifs is 1. The van der Waals surface area contributed by atoms with Gasteiger partial charge in [0.05, 0.1) is 12.4 Å². The lowest BCUT2D eigenvalue weighted by Gasteiger charge is -2.59. The summed E-state index contributed by atoms with van der Waals surface area (Å²) in [5, 5.41) is 9.56. The van der Waals surface area contributed by atoms with E-state index in [0.717, 1.165) is 37.7 Å². The topological polar surface area (TPSA) is 35.8 Å². The van der Waals surface area contributed by atoms with E-state index >= 15 is 0 Å². The minimum atomic E-state index is -0.314. The zero-order valence-corrected chi connectivity index (χ0v) is 15.8. The SMILES string of the molecule is CCCC(O)N1CCN=C1C.Cl.c1ccc(C23CCC2CC3)cc1. The molecule has 134 valence electrons. The van der Waals surface area contributed by atoms with Gasteiger partial charge in [-0.3, -0.25) is 4.99 Å². The molecule has 0 spiro atoms. The summed E-state index contributed by atoms with van der Waals surface area (Å²) in [7, 11) is 0. The van der Waals surface area contributed by atoms with Gasteiger partial charge in [0.25, 0.3) is 0 Å². The first-order valence-corrected chi connectivity index (χ1v) is 9.18. The summed E-state index contributed by atoms with van der Waals surface area (Å²) in [6.07, 6.45) is 7.40. The van der Waals surface area contributed by atoms with Gasteiger partial charge < -0.3 is 10.0 Å². The summed E-state index contributed by atoms with van der Waals surface area (Å²) >= 11 is 0. The van der Waals surface area contributed by atoms with E-state index in [-0.39, 0.29) is 18.6 Å². The Hall–Kier alpha value is -1.06. The molecule has 1 aromatic rings. The normalized spacial score (nSPS) is 28.2. The Morgan fingerprint density at radius 3 is 2.33 bits per heavy atom. The molecule has 24 heavy (non-hydrogen) atoms. The lowest BCUT2D eigenvalue weighted by Crippen LogP contribution is -2.52. The summed E-state index contributed by atoms with van der Waals surface area (Å²) in [6, 6.07) is 11.1. The highest BCUT2D eigenvalue weighted by Gasteiger charge is 2.54. The Balaban J connectivity index is 0.000000168. The Bertz CT molecular complexity index is 538. The van der Waals surface area contributed by atoms with Crippen LogP contribution < -0.4 is 0 Å². The lowest BCUT2D eigenvalue weighted by molar-refractivity contribution is 0.00597. The van der Waals surface area contributed by atoms with Gasteiger partial charge in [0.15, 0.2) is 0 Å². The van der Waals surface area contributed by atoms with E-state index in [1.165, 1.54) is 25.7 Å². The van der Waals surface area contributed by atoms with Crippen LogP contribution in [0.4, 0.5) is 0 Å². The van der Waals surface area contributed by atoms with Crippen molar-refractivity contribution in [2.45, 2.75) is 64.0 Å². The lowest BCUT2D eigenvalue weighted by atomic mass is 9.45. The number of hydrogen-bond acceptors (Lipinski definition) is 3. The summed E-state index contributed by atoms with van der Waals surface area (Å²) in [4.78, 5) is 6.17. The maximum atomic E-state index is 9.56. The summed E-state index contributed by atoms with van der Waals surface area (Å²) < 4.78 is 0. The molecule has 1 aromatic carbocycles. The van der Waals surface area contributed by atoms with Crippen LogP contribution in [-0.4, -0.2) is 35.2 Å². The summed E-state index contributed by atoms with van der Waals surface area (Å²) in [6.45, 7) is 5.75. The van der Waals surface area contributed by atoms with E-state index in [1.54, 1.807) is 5.56 Å². The third-order valence-electron chi connectivity index (χ3n) is 6.01. The van der Waals surface area contributed by atoms with Gasteiger partial charge in [-0.1, -0.05) is 43.7 Å². The Kier molecular flexibility index (Phi) is 6.70. The van der Waals surface area contributed by atoms with E-state index in [2.05, 4.69) is 42.2 Å². The first-order chi connectivity index (χ1) is 11.2. The Labute approximate surface area is 152 Å². The summed E-state index contributed by atoms with van der Waals surface area (Å²) in [5.74, 6) is 2.02. The number of rotatable bonds is 4. The van der Waals surface area contributed by atoms with E-state index in [4.69, 9.17) is 0 Å². The molecule has 2 saturated carbocycles. The van der Waals surface area contributed by atoms with Crippen molar-refractivity contribution in [2.75, 3.05) is 13.1 Å². The molecule has 4 heteroatoms. The van der Waals surface area contributed by atoms with Crippen LogP contribution in [0.3, 0.4) is 0 Å². The third kappa shape index (κ3) is 3.62. The van der Waals surface area contributed by atoms with Gasteiger partial charge in [-0.15, -0.1) is 12.4 Å². The molecule has 1 aliphatic heterocycles. The van der Waals surface area contributed by atoms with Crippen LogP contribution in [0, 0.1) is 5.92 Å². The van der Waals surface area contributed by atoms with Crippen molar-refractivity contribution in [2.24, 2.45) is 10.9 Å². The molecular weight excluding hydrogens is 320 g/mol. The van der Waals surface area contributed by atoms with Gasteiger partial charge in [-0.05, 0) is 55.9 Å². The van der Waals surface area contributed by atoms with Crippen molar-refractivity contribution in [3.8, 4) is 0 Å². The second-order valence-corrected chi connectivity index (χ2v) is 7.19. The van der Waals surface area contributed by atoms with Gasteiger partial charge in [-0.25, -0.2) is 0 Å². The molecule has 0 saturated heterocycles. The van der Waals surface area contributed by atoms with Crippen molar-refractivity contribution < 1.29 is 5.11 Å². The van der Waals surface area contributed by atoms with E-state index in [1.807, 2.05) is 11.8 Å². The minimum absolute atomic E-state index is 0. The van der Waals surface area contributed by atoms with Gasteiger partial charge >= 0.3 is 0 Å². The monoisotopic (exact) mass is 350 g/mol. The van der Waals surface area contributed by atoms with Gasteiger partial charge in [0.2, 0.25) is 0 Å². The van der Waals surface area contributed by atoms with Gasteiger partial charge in [0.1, 0.15) is 6.23 Å². The molecule has 0 aromatic heterocycles. The molecule has 3 nitrogen and oxygen atoms in total. The largest absolute Gasteiger partial charge is 0.374 e. The predicted octanol–water partition coefficient (Wildman–Crippen LogP) is 4.39. The predicted molar refractivity (Wildman–Crippen MR) is 103 cm³/mol. The molecule has 0 amide bonds. The quantitative estimate of drug-likeness (QED) is 0.874. The first-order valence-electron chi connectivity index (χ1n) is 9.18. The Morgan fingerprint density at radius 2 is 1.92 bits per heavy atom. The fourth-order valence-electron chi connectivity index (χ4n) is 4.31. The van der Waals surface area contributed by atoms with E-state index in [9.17, 15) is 5.11 Å². The average Bonchev–Trinajstić information content (AvgIpc) is 2.98. The van der Waals surface area contributed by atoms with Crippen LogP contribution in [-0.2, 0) is 5.41 Å². The zero-order valence-electron chi connectivity index (χ0n) is 14.9. The first kappa shape index (κ1) is 19.3. The number of nitrogens with zero attached hydrogens (tertiary/aromatic N) is 2. The number of halogens is 1. The molecule has 3 aliphatic rings. The summed E-state index contributed by atoms with van der Waals surface area (Å²) in [5.41, 5.74) is 2.26. The van der Waals surface area contributed by atoms with Crippen LogP contribution in [0.2, 0.25) is 0 Å². The molecule has 1 atom stereocenters. The van der Waals surface area contributed by atoms with E-state index in [0.29, 0.717) is 5.41 Å². The molecule has 2 aliphatic carbocycles. The van der Waals surface area contributed by atoms with Crippen molar-refractivity contribution in [3.05, 3.63) is 35.9 Å². The Morgan fingerprint density at radius 1 is 1.25 bits per heavy atom. The second kappa shape index (κ2) is 8.35. The molecule has 4 rings (SSSR count). The van der Waals surface area contributed by atoms with Crippen LogP contribution in [0.15, 0.2) is 35.3 Å². The second-order valence-electron chi connectivity index (χ2n) is 7.19. The van der Waals surface area contributed by atoms with Crippen LogP contribution >= 0.6 is 12.4 Å². The molecule has 1 N–H and O–H groups in total. The minimum Gasteiger partial charge on any atom is -0.374 e. The average molecular weight is 351 g/mol. The molecule has 0 bridgehead atoms.